The van der Waals surface area contributed by atoms with Gasteiger partial charge in [-0.25, -0.2) is 0 Å². The number of fused-ring (bicyclic) bond motifs is 1. The largest absolute Gasteiger partial charge is 0.310 e. The summed E-state index contributed by atoms with van der Waals surface area (Å²) in [7, 11) is 0. The van der Waals surface area contributed by atoms with Gasteiger partial charge in [0, 0.05) is 16.5 Å². The molecule has 0 aromatic heterocycles. The molecule has 1 atom stereocenters. The number of hydrogen-bond acceptors (Lipinski definition) is 1. The molecule has 0 radical (unpaired) electrons. The summed E-state index contributed by atoms with van der Waals surface area (Å²) in [6.45, 7) is 7.71. The van der Waals surface area contributed by atoms with E-state index in [9.17, 15) is 0 Å². The van der Waals surface area contributed by atoms with Crippen molar-refractivity contribution in [1.82, 2.24) is 5.32 Å². The van der Waals surface area contributed by atoms with Gasteiger partial charge in [0.2, 0.25) is 0 Å². The molecule has 1 unspecified atom stereocenters. The Morgan fingerprint density at radius 1 is 1.00 bits per heavy atom. The van der Waals surface area contributed by atoms with Crippen LogP contribution in [0.25, 0.3) is 10.8 Å². The van der Waals surface area contributed by atoms with E-state index in [-0.39, 0.29) is 0 Å². The summed E-state index contributed by atoms with van der Waals surface area (Å²) < 4.78 is 0. The molecule has 0 aliphatic carbocycles. The molecule has 0 saturated heterocycles. The molecule has 0 amide bonds. The molecule has 0 aliphatic rings. The Morgan fingerprint density at radius 3 is 2.35 bits per heavy atom. The van der Waals surface area contributed by atoms with Crippen molar-refractivity contribution in [2.24, 2.45) is 5.92 Å². The van der Waals surface area contributed by atoms with Gasteiger partial charge in [-0.3, -0.25) is 0 Å². The van der Waals surface area contributed by atoms with Crippen LogP contribution in [0.5, 0.6) is 0 Å². The Morgan fingerprint density at radius 2 is 1.70 bits per heavy atom. The average molecular weight is 290 g/mol. The topological polar surface area (TPSA) is 12.0 Å². The zero-order valence-corrected chi connectivity index (χ0v) is 13.4. The van der Waals surface area contributed by atoms with Crippen LogP contribution < -0.4 is 5.32 Å². The van der Waals surface area contributed by atoms with Gasteiger partial charge in [-0.05, 0) is 42.3 Å². The monoisotopic (exact) mass is 289 g/mol. The first kappa shape index (κ1) is 15.3. The van der Waals surface area contributed by atoms with Gasteiger partial charge in [-0.2, -0.15) is 0 Å². The Labute approximate surface area is 127 Å². The Kier molecular flexibility index (Phi) is 5.45. The fraction of sp³-hybridized carbons (Fsp3) is 0.444. The smallest absolute Gasteiger partial charge is 0.0484 e. The summed E-state index contributed by atoms with van der Waals surface area (Å²) in [5.41, 5.74) is 1.37. The SMILES string of the molecule is CCNC(CCC(C)C)c1ccc(Cl)c2ccccc12. The number of rotatable bonds is 6. The molecule has 2 heteroatoms. The van der Waals surface area contributed by atoms with Gasteiger partial charge in [-0.1, -0.05) is 62.7 Å². The van der Waals surface area contributed by atoms with Gasteiger partial charge in [-0.15, -0.1) is 0 Å². The highest BCUT2D eigenvalue weighted by Crippen LogP contribution is 2.32. The quantitative estimate of drug-likeness (QED) is 0.732. The fourth-order valence-corrected chi connectivity index (χ4v) is 2.93. The first-order valence-electron chi connectivity index (χ1n) is 7.54. The highest BCUT2D eigenvalue weighted by atomic mass is 35.5. The number of hydrogen-bond donors (Lipinski definition) is 1. The lowest BCUT2D eigenvalue weighted by atomic mass is 9.93. The first-order valence-corrected chi connectivity index (χ1v) is 7.91. The summed E-state index contributed by atoms with van der Waals surface area (Å²) in [5.74, 6) is 0.731. The fourth-order valence-electron chi connectivity index (χ4n) is 2.70. The lowest BCUT2D eigenvalue weighted by Crippen LogP contribution is -2.21. The normalized spacial score (nSPS) is 13.1. The van der Waals surface area contributed by atoms with Crippen molar-refractivity contribution in [1.29, 1.82) is 0 Å². The van der Waals surface area contributed by atoms with E-state index in [0.29, 0.717) is 6.04 Å². The van der Waals surface area contributed by atoms with Crippen LogP contribution in [0.1, 0.15) is 45.2 Å². The molecule has 2 rings (SSSR count). The summed E-state index contributed by atoms with van der Waals surface area (Å²) in [5, 5.41) is 6.88. The second-order valence-corrected chi connectivity index (χ2v) is 6.17. The first-order chi connectivity index (χ1) is 9.63. The van der Waals surface area contributed by atoms with Gasteiger partial charge >= 0.3 is 0 Å². The number of halogens is 1. The summed E-state index contributed by atoms with van der Waals surface area (Å²) in [6, 6.07) is 13.0. The van der Waals surface area contributed by atoms with Crippen LogP contribution in [-0.4, -0.2) is 6.54 Å². The molecule has 0 fully saturated rings. The van der Waals surface area contributed by atoms with Crippen LogP contribution >= 0.6 is 11.6 Å². The zero-order valence-electron chi connectivity index (χ0n) is 12.6. The molecule has 1 N–H and O–H groups in total. The molecular formula is C18H24ClN. The van der Waals surface area contributed by atoms with E-state index >= 15 is 0 Å². The third-order valence-electron chi connectivity index (χ3n) is 3.76. The molecule has 0 spiro atoms. The Hall–Kier alpha value is -1.05. The van der Waals surface area contributed by atoms with E-state index in [2.05, 4.69) is 50.4 Å². The minimum atomic E-state index is 0.407. The van der Waals surface area contributed by atoms with E-state index < -0.39 is 0 Å². The van der Waals surface area contributed by atoms with Crippen molar-refractivity contribution in [3.8, 4) is 0 Å². The van der Waals surface area contributed by atoms with Crippen molar-refractivity contribution < 1.29 is 0 Å². The van der Waals surface area contributed by atoms with Crippen LogP contribution in [-0.2, 0) is 0 Å². The second-order valence-electron chi connectivity index (χ2n) is 5.76. The van der Waals surface area contributed by atoms with Crippen molar-refractivity contribution in [3.05, 3.63) is 47.0 Å². The van der Waals surface area contributed by atoms with E-state index in [1.807, 2.05) is 12.1 Å². The van der Waals surface area contributed by atoms with E-state index in [4.69, 9.17) is 11.6 Å². The highest BCUT2D eigenvalue weighted by molar-refractivity contribution is 6.35. The molecule has 2 aromatic rings. The van der Waals surface area contributed by atoms with Gasteiger partial charge in [0.25, 0.3) is 0 Å². The lowest BCUT2D eigenvalue weighted by Gasteiger charge is -2.21. The lowest BCUT2D eigenvalue weighted by molar-refractivity contribution is 0.450. The zero-order chi connectivity index (χ0) is 14.5. The van der Waals surface area contributed by atoms with E-state index in [0.717, 1.165) is 29.3 Å². The van der Waals surface area contributed by atoms with E-state index in [1.54, 1.807) is 0 Å². The highest BCUT2D eigenvalue weighted by Gasteiger charge is 2.14. The molecule has 0 bridgehead atoms. The standard InChI is InChI=1S/C18H24ClN/c1-4-20-18(12-9-13(2)3)16-10-11-17(19)15-8-6-5-7-14(15)16/h5-8,10-11,13,18,20H,4,9,12H2,1-3H3. The van der Waals surface area contributed by atoms with Crippen LogP contribution in [0.3, 0.4) is 0 Å². The van der Waals surface area contributed by atoms with Crippen LogP contribution in [0.2, 0.25) is 5.02 Å². The molecular weight excluding hydrogens is 266 g/mol. The third-order valence-corrected chi connectivity index (χ3v) is 4.09. The molecule has 0 heterocycles. The molecule has 108 valence electrons. The van der Waals surface area contributed by atoms with Crippen molar-refractivity contribution in [3.63, 3.8) is 0 Å². The van der Waals surface area contributed by atoms with Crippen LogP contribution in [0.4, 0.5) is 0 Å². The van der Waals surface area contributed by atoms with Gasteiger partial charge in [0.15, 0.2) is 0 Å². The van der Waals surface area contributed by atoms with Crippen molar-refractivity contribution >= 4 is 22.4 Å². The summed E-state index contributed by atoms with van der Waals surface area (Å²) in [4.78, 5) is 0. The van der Waals surface area contributed by atoms with Gasteiger partial charge < -0.3 is 5.32 Å². The maximum absolute atomic E-state index is 6.32. The second kappa shape index (κ2) is 7.10. The molecule has 0 saturated carbocycles. The molecule has 20 heavy (non-hydrogen) atoms. The Bertz CT molecular complexity index is 562. The summed E-state index contributed by atoms with van der Waals surface area (Å²) in [6.07, 6.45) is 2.39. The van der Waals surface area contributed by atoms with Crippen LogP contribution in [0, 0.1) is 5.92 Å². The summed E-state index contributed by atoms with van der Waals surface area (Å²) >= 11 is 6.32. The maximum atomic E-state index is 6.32. The molecule has 2 aromatic carbocycles. The van der Waals surface area contributed by atoms with Crippen molar-refractivity contribution in [2.75, 3.05) is 6.54 Å². The predicted molar refractivity (Wildman–Crippen MR) is 89.4 cm³/mol. The van der Waals surface area contributed by atoms with E-state index in [1.165, 1.54) is 17.4 Å². The van der Waals surface area contributed by atoms with Gasteiger partial charge in [0.1, 0.15) is 0 Å². The predicted octanol–water partition coefficient (Wildman–Crippen LogP) is 5.58. The van der Waals surface area contributed by atoms with Gasteiger partial charge in [0.05, 0.1) is 0 Å². The number of nitrogens with one attached hydrogen (secondary N) is 1. The Balaban J connectivity index is 2.40. The minimum Gasteiger partial charge on any atom is -0.310 e. The third kappa shape index (κ3) is 3.53. The number of benzene rings is 2. The maximum Gasteiger partial charge on any atom is 0.0484 e. The average Bonchev–Trinajstić information content (AvgIpc) is 2.44. The minimum absolute atomic E-state index is 0.407. The molecule has 1 nitrogen and oxygen atoms in total. The van der Waals surface area contributed by atoms with Crippen LogP contribution in [0.15, 0.2) is 36.4 Å². The van der Waals surface area contributed by atoms with Crippen molar-refractivity contribution in [2.45, 2.75) is 39.7 Å². The molecule has 0 aliphatic heterocycles.